The monoisotopic (exact) mass is 461 g/mol. The van der Waals surface area contributed by atoms with Crippen molar-refractivity contribution in [3.8, 4) is 5.75 Å². The summed E-state index contributed by atoms with van der Waals surface area (Å²) in [6, 6.07) is 5.52. The van der Waals surface area contributed by atoms with E-state index in [1.807, 2.05) is 12.1 Å². The lowest BCUT2D eigenvalue weighted by Gasteiger charge is -2.37. The molecule has 1 aromatic rings. The number of amides is 2. The maximum atomic E-state index is 12.6. The minimum absolute atomic E-state index is 0.0173. The fourth-order valence-electron chi connectivity index (χ4n) is 5.11. The topological polar surface area (TPSA) is 109 Å². The molecule has 4 rings (SSSR count). The molecular formula is C24H35N3O6. The average molecular weight is 462 g/mol. The van der Waals surface area contributed by atoms with Gasteiger partial charge in [0, 0.05) is 37.4 Å². The molecule has 182 valence electrons. The van der Waals surface area contributed by atoms with Gasteiger partial charge in [-0.05, 0) is 50.6 Å². The first-order valence-electron chi connectivity index (χ1n) is 11.9. The summed E-state index contributed by atoms with van der Waals surface area (Å²) in [5.74, 6) is 0.443. The smallest absolute Gasteiger partial charge is 0.250 e. The molecular weight excluding hydrogens is 426 g/mol. The summed E-state index contributed by atoms with van der Waals surface area (Å²) in [6.45, 7) is 3.53. The van der Waals surface area contributed by atoms with Crippen LogP contribution in [-0.4, -0.2) is 86.6 Å². The predicted octanol–water partition coefficient (Wildman–Crippen LogP) is 1.26. The van der Waals surface area contributed by atoms with Gasteiger partial charge in [-0.2, -0.15) is 0 Å². The quantitative estimate of drug-likeness (QED) is 0.508. The Morgan fingerprint density at radius 2 is 2.03 bits per heavy atom. The second-order valence-electron chi connectivity index (χ2n) is 9.09. The van der Waals surface area contributed by atoms with Crippen LogP contribution in [-0.2, 0) is 19.1 Å². The number of likely N-dealkylation sites (tertiary alicyclic amines) is 1. The molecule has 0 aromatic heterocycles. The first-order chi connectivity index (χ1) is 16.1. The van der Waals surface area contributed by atoms with E-state index in [1.165, 1.54) is 26.4 Å². The Kier molecular flexibility index (Phi) is 8.19. The number of anilines is 1. The van der Waals surface area contributed by atoms with Gasteiger partial charge in [-0.15, -0.1) is 0 Å². The van der Waals surface area contributed by atoms with Crippen molar-refractivity contribution in [3.05, 3.63) is 23.8 Å². The molecule has 3 aliphatic rings. The summed E-state index contributed by atoms with van der Waals surface area (Å²) in [4.78, 5) is 26.8. The molecule has 2 fully saturated rings. The summed E-state index contributed by atoms with van der Waals surface area (Å²) >= 11 is 0. The maximum Gasteiger partial charge on any atom is 0.250 e. The Morgan fingerprint density at radius 1 is 1.21 bits per heavy atom. The molecule has 33 heavy (non-hydrogen) atoms. The number of rotatable bonds is 9. The number of carbonyl (C=O) groups excluding carboxylic acids is 2. The highest BCUT2D eigenvalue weighted by Crippen LogP contribution is 2.47. The van der Waals surface area contributed by atoms with Crippen molar-refractivity contribution in [1.29, 1.82) is 0 Å². The van der Waals surface area contributed by atoms with E-state index in [0.29, 0.717) is 18.7 Å². The normalized spacial score (nSPS) is 26.7. The van der Waals surface area contributed by atoms with Crippen LogP contribution in [0.2, 0.25) is 0 Å². The van der Waals surface area contributed by atoms with Gasteiger partial charge in [0.15, 0.2) is 0 Å². The van der Waals surface area contributed by atoms with Crippen LogP contribution in [0.15, 0.2) is 18.2 Å². The molecule has 2 amide bonds. The number of hydrogen-bond donors (Lipinski definition) is 3. The minimum Gasteiger partial charge on any atom is -0.487 e. The molecule has 3 N–H and O–H groups in total. The van der Waals surface area contributed by atoms with Gasteiger partial charge in [0.2, 0.25) is 11.8 Å². The number of aliphatic hydroxyl groups is 1. The van der Waals surface area contributed by atoms with Crippen molar-refractivity contribution in [2.24, 2.45) is 0 Å². The molecule has 9 heteroatoms. The van der Waals surface area contributed by atoms with E-state index in [4.69, 9.17) is 14.2 Å². The number of aliphatic hydroxyl groups excluding tert-OH is 1. The Hall–Kier alpha value is -2.20. The second-order valence-corrected chi connectivity index (χ2v) is 9.09. The number of piperidine rings is 1. The third-order valence-corrected chi connectivity index (χ3v) is 6.67. The van der Waals surface area contributed by atoms with Gasteiger partial charge in [-0.25, -0.2) is 0 Å². The van der Waals surface area contributed by atoms with Gasteiger partial charge in [0.1, 0.15) is 24.6 Å². The zero-order chi connectivity index (χ0) is 23.2. The van der Waals surface area contributed by atoms with Gasteiger partial charge in [-0.3, -0.25) is 9.59 Å². The molecule has 0 unspecified atom stereocenters. The number of benzene rings is 1. The summed E-state index contributed by atoms with van der Waals surface area (Å²) in [6.07, 6.45) is 3.50. The van der Waals surface area contributed by atoms with Crippen LogP contribution in [0.5, 0.6) is 5.75 Å². The summed E-state index contributed by atoms with van der Waals surface area (Å²) in [5, 5.41) is 15.7. The lowest BCUT2D eigenvalue weighted by Crippen LogP contribution is -2.47. The fourth-order valence-corrected chi connectivity index (χ4v) is 5.11. The van der Waals surface area contributed by atoms with Crippen molar-refractivity contribution >= 4 is 17.5 Å². The largest absolute Gasteiger partial charge is 0.487 e. The molecule has 0 radical (unpaired) electrons. The highest BCUT2D eigenvalue weighted by Gasteiger charge is 2.46. The fraction of sp³-hybridized carbons (Fsp3) is 0.667. The number of carbonyl (C=O) groups is 2. The van der Waals surface area contributed by atoms with Gasteiger partial charge in [0.05, 0.1) is 19.1 Å². The number of nitrogens with one attached hydrogen (secondary N) is 2. The van der Waals surface area contributed by atoms with Gasteiger partial charge < -0.3 is 34.9 Å². The van der Waals surface area contributed by atoms with E-state index in [-0.39, 0.29) is 49.6 Å². The number of ether oxygens (including phenoxy) is 3. The van der Waals surface area contributed by atoms with Crippen LogP contribution >= 0.6 is 0 Å². The Morgan fingerprint density at radius 3 is 2.79 bits per heavy atom. The van der Waals surface area contributed by atoms with Crippen molar-refractivity contribution in [3.63, 3.8) is 0 Å². The lowest BCUT2D eigenvalue weighted by atomic mass is 9.84. The number of nitrogens with zero attached hydrogens (tertiary/aromatic N) is 1. The standard InChI is InChI=1S/C24H35N3O6/c1-31-15-23(30)26-16-5-6-20-18(11-16)19-12-17(32-21(14-28)24(19)33-20)13-22(29)25-7-10-27-8-3-2-4-9-27/h5-6,11,17,19,21,24,28H,2-4,7-10,12-15H2,1H3,(H,25,29)(H,26,30)/t17-,19-,21+,24+/m0/s1. The van der Waals surface area contributed by atoms with E-state index in [9.17, 15) is 14.7 Å². The van der Waals surface area contributed by atoms with Gasteiger partial charge in [0.25, 0.3) is 0 Å². The van der Waals surface area contributed by atoms with Crippen LogP contribution in [0.25, 0.3) is 0 Å². The van der Waals surface area contributed by atoms with Crippen LogP contribution in [0, 0.1) is 0 Å². The van der Waals surface area contributed by atoms with Crippen molar-refractivity contribution in [2.75, 3.05) is 51.8 Å². The van der Waals surface area contributed by atoms with Crippen LogP contribution in [0.4, 0.5) is 5.69 Å². The van der Waals surface area contributed by atoms with E-state index >= 15 is 0 Å². The molecule has 9 nitrogen and oxygen atoms in total. The molecule has 0 aliphatic carbocycles. The van der Waals surface area contributed by atoms with E-state index < -0.39 is 6.10 Å². The van der Waals surface area contributed by atoms with E-state index in [2.05, 4.69) is 15.5 Å². The van der Waals surface area contributed by atoms with Gasteiger partial charge in [-0.1, -0.05) is 6.42 Å². The van der Waals surface area contributed by atoms with Crippen LogP contribution in [0.1, 0.15) is 43.6 Å². The highest BCUT2D eigenvalue weighted by molar-refractivity contribution is 5.91. The molecule has 3 aliphatic heterocycles. The Labute approximate surface area is 194 Å². The molecule has 4 atom stereocenters. The third-order valence-electron chi connectivity index (χ3n) is 6.67. The molecule has 0 bridgehead atoms. The van der Waals surface area contributed by atoms with Gasteiger partial charge >= 0.3 is 0 Å². The second kappa shape index (κ2) is 11.3. The first-order valence-corrected chi connectivity index (χ1v) is 11.9. The van der Waals surface area contributed by atoms with Crippen molar-refractivity contribution in [2.45, 2.75) is 56.3 Å². The summed E-state index contributed by atoms with van der Waals surface area (Å²) in [5.41, 5.74) is 1.63. The van der Waals surface area contributed by atoms with E-state index in [0.717, 1.165) is 30.9 Å². The summed E-state index contributed by atoms with van der Waals surface area (Å²) in [7, 11) is 1.47. The Balaban J connectivity index is 1.35. The number of hydrogen-bond acceptors (Lipinski definition) is 7. The van der Waals surface area contributed by atoms with Crippen molar-refractivity contribution in [1.82, 2.24) is 10.2 Å². The predicted molar refractivity (Wildman–Crippen MR) is 122 cm³/mol. The average Bonchev–Trinajstić information content (AvgIpc) is 3.17. The number of fused-ring (bicyclic) bond motifs is 3. The molecule has 0 spiro atoms. The molecule has 2 saturated heterocycles. The zero-order valence-corrected chi connectivity index (χ0v) is 19.3. The van der Waals surface area contributed by atoms with Crippen LogP contribution in [0.3, 0.4) is 0 Å². The molecule has 0 saturated carbocycles. The van der Waals surface area contributed by atoms with Crippen LogP contribution < -0.4 is 15.4 Å². The maximum absolute atomic E-state index is 12.6. The number of methoxy groups -OCH3 is 1. The summed E-state index contributed by atoms with van der Waals surface area (Å²) < 4.78 is 17.0. The first kappa shape index (κ1) is 23.9. The van der Waals surface area contributed by atoms with E-state index in [1.54, 1.807) is 6.07 Å². The highest BCUT2D eigenvalue weighted by atomic mass is 16.6. The zero-order valence-electron chi connectivity index (χ0n) is 19.3. The molecule has 1 aromatic carbocycles. The third kappa shape index (κ3) is 6.03. The minimum atomic E-state index is -0.506. The van der Waals surface area contributed by atoms with Crippen molar-refractivity contribution < 1.29 is 28.9 Å². The lowest BCUT2D eigenvalue weighted by molar-refractivity contribution is -0.142. The molecule has 3 heterocycles. The SMILES string of the molecule is COCC(=O)Nc1ccc2c(c1)[C@@H]1C[C@@H](CC(=O)NCCN3CCCCC3)O[C@H](CO)[C@@H]1O2. The Bertz CT molecular complexity index is 828.